The van der Waals surface area contributed by atoms with Crippen molar-refractivity contribution >= 4 is 18.5 Å². The highest BCUT2D eigenvalue weighted by Crippen LogP contribution is 2.36. The predicted octanol–water partition coefficient (Wildman–Crippen LogP) is 1.79. The summed E-state index contributed by atoms with van der Waals surface area (Å²) in [6, 6.07) is 5.93. The highest BCUT2D eigenvalue weighted by atomic mass is 16.7. The molecule has 0 radical (unpaired) electrons. The zero-order chi connectivity index (χ0) is 14.7. The molecule has 2 heterocycles. The molecule has 0 aromatic heterocycles. The predicted molar refractivity (Wildman–Crippen MR) is 78.0 cm³/mol. The lowest BCUT2D eigenvalue weighted by atomic mass is 9.77. The molecule has 0 spiro atoms. The Morgan fingerprint density at radius 3 is 2.35 bits per heavy atom. The van der Waals surface area contributed by atoms with Crippen LogP contribution in [-0.2, 0) is 9.31 Å². The normalized spacial score (nSPS) is 26.6. The Hall–Kier alpha value is -1.33. The van der Waals surface area contributed by atoms with E-state index < -0.39 is 7.12 Å². The standard InChI is InChI=1S/C15H20BNO3/c1-9-11-7-6-10(8-12(11)13(18)17-9)16-19-14(2,3)15(4,5)20-16/h6-9H,1-5H3,(H,17,18)/t9-/m1/s1. The second-order valence-electron chi connectivity index (χ2n) is 6.63. The van der Waals surface area contributed by atoms with Crippen LogP contribution in [0, 0.1) is 0 Å². The SMILES string of the molecule is C[C@H]1NC(=O)c2cc(B3OC(C)(C)C(C)(C)O3)ccc21. The first-order valence-electron chi connectivity index (χ1n) is 7.02. The largest absolute Gasteiger partial charge is 0.494 e. The van der Waals surface area contributed by atoms with Gasteiger partial charge in [-0.25, -0.2) is 0 Å². The molecule has 4 nitrogen and oxygen atoms in total. The van der Waals surface area contributed by atoms with Crippen LogP contribution in [0.4, 0.5) is 0 Å². The summed E-state index contributed by atoms with van der Waals surface area (Å²) in [5.74, 6) is -0.0223. The number of rotatable bonds is 1. The summed E-state index contributed by atoms with van der Waals surface area (Å²) in [4.78, 5) is 11.9. The molecule has 2 aliphatic rings. The van der Waals surface area contributed by atoms with Crippen molar-refractivity contribution in [3.63, 3.8) is 0 Å². The number of nitrogens with one attached hydrogen (secondary N) is 1. The van der Waals surface area contributed by atoms with Gasteiger partial charge >= 0.3 is 7.12 Å². The second-order valence-corrected chi connectivity index (χ2v) is 6.63. The third-order valence-electron chi connectivity index (χ3n) is 4.66. The maximum Gasteiger partial charge on any atom is 0.494 e. The highest BCUT2D eigenvalue weighted by Gasteiger charge is 2.51. The minimum atomic E-state index is -0.422. The lowest BCUT2D eigenvalue weighted by molar-refractivity contribution is 0.00578. The fraction of sp³-hybridized carbons (Fsp3) is 0.533. The van der Waals surface area contributed by atoms with Gasteiger partial charge in [0.25, 0.3) is 5.91 Å². The molecule has 0 unspecified atom stereocenters. The first-order valence-corrected chi connectivity index (χ1v) is 7.02. The van der Waals surface area contributed by atoms with E-state index in [2.05, 4.69) is 5.32 Å². The molecule has 1 aromatic carbocycles. The van der Waals surface area contributed by atoms with Gasteiger partial charge in [0.05, 0.1) is 17.2 Å². The summed E-state index contributed by atoms with van der Waals surface area (Å²) in [6.07, 6.45) is 0. The molecule has 0 aliphatic carbocycles. The second kappa shape index (κ2) is 4.09. The third kappa shape index (κ3) is 1.88. The summed E-state index contributed by atoms with van der Waals surface area (Å²) in [6.45, 7) is 10.1. The van der Waals surface area contributed by atoms with Gasteiger partial charge in [0, 0.05) is 5.56 Å². The van der Waals surface area contributed by atoms with Crippen LogP contribution in [0.3, 0.4) is 0 Å². The Bertz CT molecular complexity index is 566. The van der Waals surface area contributed by atoms with Crippen molar-refractivity contribution in [3.8, 4) is 0 Å². The van der Waals surface area contributed by atoms with Crippen LogP contribution in [0.25, 0.3) is 0 Å². The van der Waals surface area contributed by atoms with Crippen molar-refractivity contribution in [2.75, 3.05) is 0 Å². The van der Waals surface area contributed by atoms with Gasteiger partial charge in [0.15, 0.2) is 0 Å². The Kier molecular flexibility index (Phi) is 2.79. The maximum atomic E-state index is 11.9. The van der Waals surface area contributed by atoms with Gasteiger partial charge < -0.3 is 14.6 Å². The molecule has 1 N–H and O–H groups in total. The Morgan fingerprint density at radius 2 is 1.75 bits per heavy atom. The van der Waals surface area contributed by atoms with Crippen LogP contribution in [0.15, 0.2) is 18.2 Å². The van der Waals surface area contributed by atoms with E-state index >= 15 is 0 Å². The van der Waals surface area contributed by atoms with E-state index in [1.165, 1.54) is 0 Å². The molecule has 0 bridgehead atoms. The molecule has 1 fully saturated rings. The summed E-state index contributed by atoms with van der Waals surface area (Å²) >= 11 is 0. The quantitative estimate of drug-likeness (QED) is 0.793. The molecule has 1 amide bonds. The molecule has 106 valence electrons. The average Bonchev–Trinajstić information content (AvgIpc) is 2.74. The van der Waals surface area contributed by atoms with Gasteiger partial charge in [-0.3, -0.25) is 4.79 Å². The monoisotopic (exact) mass is 273 g/mol. The molecule has 2 aliphatic heterocycles. The van der Waals surface area contributed by atoms with Gasteiger partial charge in [-0.1, -0.05) is 12.1 Å². The molecule has 1 aromatic rings. The van der Waals surface area contributed by atoms with E-state index in [9.17, 15) is 4.79 Å². The van der Waals surface area contributed by atoms with Crippen LogP contribution >= 0.6 is 0 Å². The van der Waals surface area contributed by atoms with E-state index in [-0.39, 0.29) is 23.2 Å². The van der Waals surface area contributed by atoms with E-state index in [0.29, 0.717) is 0 Å². The van der Waals surface area contributed by atoms with E-state index in [0.717, 1.165) is 16.6 Å². The van der Waals surface area contributed by atoms with Crippen molar-refractivity contribution in [2.45, 2.75) is 51.9 Å². The van der Waals surface area contributed by atoms with Gasteiger partial charge in [-0.2, -0.15) is 0 Å². The fourth-order valence-electron chi connectivity index (χ4n) is 2.63. The summed E-state index contributed by atoms with van der Waals surface area (Å²) in [5, 5.41) is 2.91. The third-order valence-corrected chi connectivity index (χ3v) is 4.66. The lowest BCUT2D eigenvalue weighted by Gasteiger charge is -2.32. The van der Waals surface area contributed by atoms with Crippen molar-refractivity contribution in [2.24, 2.45) is 0 Å². The van der Waals surface area contributed by atoms with Crippen molar-refractivity contribution in [3.05, 3.63) is 29.3 Å². The Morgan fingerprint density at radius 1 is 1.15 bits per heavy atom. The van der Waals surface area contributed by atoms with Crippen LogP contribution in [0.5, 0.6) is 0 Å². The topological polar surface area (TPSA) is 47.6 Å². The lowest BCUT2D eigenvalue weighted by Crippen LogP contribution is -2.41. The number of carbonyl (C=O) groups is 1. The van der Waals surface area contributed by atoms with Crippen LogP contribution in [-0.4, -0.2) is 24.2 Å². The Labute approximate surface area is 120 Å². The van der Waals surface area contributed by atoms with Crippen molar-refractivity contribution in [1.29, 1.82) is 0 Å². The minimum Gasteiger partial charge on any atom is -0.399 e. The van der Waals surface area contributed by atoms with Crippen molar-refractivity contribution in [1.82, 2.24) is 5.32 Å². The number of fused-ring (bicyclic) bond motifs is 1. The smallest absolute Gasteiger partial charge is 0.399 e. The minimum absolute atomic E-state index is 0.0223. The van der Waals surface area contributed by atoms with Crippen molar-refractivity contribution < 1.29 is 14.1 Å². The van der Waals surface area contributed by atoms with Crippen LogP contribution < -0.4 is 10.8 Å². The van der Waals surface area contributed by atoms with Gasteiger partial charge in [-0.15, -0.1) is 0 Å². The van der Waals surface area contributed by atoms with Gasteiger partial charge in [0.2, 0.25) is 0 Å². The first-order chi connectivity index (χ1) is 9.21. The molecule has 20 heavy (non-hydrogen) atoms. The fourth-order valence-corrected chi connectivity index (χ4v) is 2.63. The highest BCUT2D eigenvalue weighted by molar-refractivity contribution is 6.62. The summed E-state index contributed by atoms with van der Waals surface area (Å²) in [5.41, 5.74) is 1.92. The van der Waals surface area contributed by atoms with Gasteiger partial charge in [0.1, 0.15) is 0 Å². The van der Waals surface area contributed by atoms with Crippen LogP contribution in [0.2, 0.25) is 0 Å². The molecule has 0 saturated carbocycles. The number of benzene rings is 1. The Balaban J connectivity index is 1.94. The number of amides is 1. The number of hydrogen-bond acceptors (Lipinski definition) is 3. The van der Waals surface area contributed by atoms with Gasteiger partial charge in [-0.05, 0) is 51.7 Å². The molecule has 5 heteroatoms. The molecule has 1 atom stereocenters. The van der Waals surface area contributed by atoms with E-state index in [1.54, 1.807) is 0 Å². The molecule has 3 rings (SSSR count). The number of carbonyl (C=O) groups excluding carboxylic acids is 1. The van der Waals surface area contributed by atoms with E-state index in [1.807, 2.05) is 52.8 Å². The number of hydrogen-bond donors (Lipinski definition) is 1. The summed E-state index contributed by atoms with van der Waals surface area (Å²) in [7, 11) is -0.422. The maximum absolute atomic E-state index is 11.9. The average molecular weight is 273 g/mol. The molecular formula is C15H20BNO3. The molecule has 1 saturated heterocycles. The first kappa shape index (κ1) is 13.6. The van der Waals surface area contributed by atoms with E-state index in [4.69, 9.17) is 9.31 Å². The zero-order valence-electron chi connectivity index (χ0n) is 12.6. The zero-order valence-corrected chi connectivity index (χ0v) is 12.6. The summed E-state index contributed by atoms with van der Waals surface area (Å²) < 4.78 is 12.0. The van der Waals surface area contributed by atoms with Crippen LogP contribution in [0.1, 0.15) is 56.6 Å². The molecular weight excluding hydrogens is 253 g/mol.